The monoisotopic (exact) mass is 324 g/mol. The molecule has 124 valence electrons. The fraction of sp³-hybridized carbons (Fsp3) is 0.158. The number of carbonyl (C=O) groups is 2. The minimum atomic E-state index is -0.282. The fourth-order valence-electron chi connectivity index (χ4n) is 2.12. The third-order valence-corrected chi connectivity index (χ3v) is 3.43. The molecule has 5 nitrogen and oxygen atoms in total. The van der Waals surface area contributed by atoms with E-state index in [1.54, 1.807) is 37.5 Å². The molecule has 0 spiro atoms. The number of ether oxygens (including phenoxy) is 1. The van der Waals surface area contributed by atoms with E-state index in [-0.39, 0.29) is 18.4 Å². The van der Waals surface area contributed by atoms with Gasteiger partial charge in [-0.25, -0.2) is 0 Å². The van der Waals surface area contributed by atoms with Crippen LogP contribution in [-0.4, -0.2) is 32.5 Å². The number of methoxy groups -OCH3 is 1. The summed E-state index contributed by atoms with van der Waals surface area (Å²) in [6.45, 7) is -0.0678. The van der Waals surface area contributed by atoms with Crippen LogP contribution in [0.3, 0.4) is 0 Å². The molecule has 24 heavy (non-hydrogen) atoms. The lowest BCUT2D eigenvalue weighted by Crippen LogP contribution is -2.39. The van der Waals surface area contributed by atoms with Crippen molar-refractivity contribution in [3.05, 3.63) is 66.2 Å². The standard InChI is InChI=1S/C19H20N2O3/c1-20-18(22)14-21(16-9-6-10-17(13-16)24-2)19(23)12-11-15-7-4-3-5-8-15/h3-13H,14H2,1-2H3,(H,20,22)/b12-11-. The van der Waals surface area contributed by atoms with E-state index in [0.29, 0.717) is 11.4 Å². The van der Waals surface area contributed by atoms with Gasteiger partial charge in [-0.2, -0.15) is 0 Å². The third-order valence-electron chi connectivity index (χ3n) is 3.43. The van der Waals surface area contributed by atoms with Crippen molar-refractivity contribution in [1.29, 1.82) is 0 Å². The van der Waals surface area contributed by atoms with Gasteiger partial charge in [-0.05, 0) is 23.8 Å². The van der Waals surface area contributed by atoms with Gasteiger partial charge in [0.25, 0.3) is 5.91 Å². The van der Waals surface area contributed by atoms with Gasteiger partial charge in [0.15, 0.2) is 0 Å². The van der Waals surface area contributed by atoms with Crippen molar-refractivity contribution in [2.75, 3.05) is 25.6 Å². The number of hydrogen-bond acceptors (Lipinski definition) is 3. The van der Waals surface area contributed by atoms with Gasteiger partial charge in [-0.15, -0.1) is 0 Å². The van der Waals surface area contributed by atoms with Crippen molar-refractivity contribution in [2.45, 2.75) is 0 Å². The molecule has 0 aliphatic carbocycles. The molecule has 0 fully saturated rings. The van der Waals surface area contributed by atoms with Gasteiger partial charge in [-0.3, -0.25) is 14.5 Å². The Morgan fingerprint density at radius 3 is 2.54 bits per heavy atom. The zero-order valence-electron chi connectivity index (χ0n) is 13.7. The maximum Gasteiger partial charge on any atom is 0.251 e. The largest absolute Gasteiger partial charge is 0.497 e. The summed E-state index contributed by atoms with van der Waals surface area (Å²) in [5.41, 5.74) is 1.51. The Morgan fingerprint density at radius 2 is 1.88 bits per heavy atom. The summed E-state index contributed by atoms with van der Waals surface area (Å²) in [6, 6.07) is 16.6. The fourth-order valence-corrected chi connectivity index (χ4v) is 2.12. The van der Waals surface area contributed by atoms with Crippen LogP contribution >= 0.6 is 0 Å². The predicted molar refractivity (Wildman–Crippen MR) is 94.9 cm³/mol. The molecule has 0 bridgehead atoms. The molecule has 0 heterocycles. The maximum atomic E-state index is 12.6. The molecule has 1 N–H and O–H groups in total. The van der Waals surface area contributed by atoms with E-state index < -0.39 is 0 Å². The molecule has 0 aliphatic heterocycles. The number of hydrogen-bond donors (Lipinski definition) is 1. The molecule has 5 heteroatoms. The van der Waals surface area contributed by atoms with Gasteiger partial charge >= 0.3 is 0 Å². The van der Waals surface area contributed by atoms with Crippen molar-refractivity contribution in [1.82, 2.24) is 5.32 Å². The second-order valence-electron chi connectivity index (χ2n) is 5.04. The highest BCUT2D eigenvalue weighted by atomic mass is 16.5. The van der Waals surface area contributed by atoms with Gasteiger partial charge in [0.1, 0.15) is 12.3 Å². The Bertz CT molecular complexity index is 726. The summed E-state index contributed by atoms with van der Waals surface area (Å²) in [4.78, 5) is 25.8. The van der Waals surface area contributed by atoms with Crippen LogP contribution in [0, 0.1) is 0 Å². The minimum absolute atomic E-state index is 0.0678. The Labute approximate surface area is 141 Å². The molecule has 2 aromatic rings. The Kier molecular flexibility index (Phi) is 6.14. The lowest BCUT2D eigenvalue weighted by atomic mass is 10.2. The first-order valence-electron chi connectivity index (χ1n) is 7.53. The van der Waals surface area contributed by atoms with E-state index in [0.717, 1.165) is 5.56 Å². The summed E-state index contributed by atoms with van der Waals surface area (Å²) < 4.78 is 5.19. The highest BCUT2D eigenvalue weighted by molar-refractivity contribution is 6.06. The van der Waals surface area contributed by atoms with E-state index in [1.165, 1.54) is 18.0 Å². The molecule has 0 saturated heterocycles. The highest BCUT2D eigenvalue weighted by Crippen LogP contribution is 2.21. The average molecular weight is 324 g/mol. The average Bonchev–Trinajstić information content (AvgIpc) is 2.64. The van der Waals surface area contributed by atoms with E-state index in [4.69, 9.17) is 4.74 Å². The molecule has 2 aromatic carbocycles. The van der Waals surface area contributed by atoms with Crippen molar-refractivity contribution in [2.24, 2.45) is 0 Å². The molecule has 0 unspecified atom stereocenters. The molecule has 0 atom stereocenters. The topological polar surface area (TPSA) is 58.6 Å². The van der Waals surface area contributed by atoms with E-state index in [2.05, 4.69) is 5.32 Å². The normalized spacial score (nSPS) is 10.4. The van der Waals surface area contributed by atoms with Crippen LogP contribution in [0.5, 0.6) is 5.75 Å². The second kappa shape index (κ2) is 8.53. The van der Waals surface area contributed by atoms with Crippen LogP contribution in [-0.2, 0) is 9.59 Å². The Hall–Kier alpha value is -3.08. The third kappa shape index (κ3) is 4.71. The van der Waals surface area contributed by atoms with E-state index in [9.17, 15) is 9.59 Å². The van der Waals surface area contributed by atoms with E-state index in [1.807, 2.05) is 30.3 Å². The first-order chi connectivity index (χ1) is 11.6. The predicted octanol–water partition coefficient (Wildman–Crippen LogP) is 2.49. The van der Waals surface area contributed by atoms with Gasteiger partial charge in [0.05, 0.1) is 7.11 Å². The summed E-state index contributed by atoms with van der Waals surface area (Å²) in [5.74, 6) is 0.0873. The molecule has 2 rings (SSSR count). The van der Waals surface area contributed by atoms with Crippen molar-refractivity contribution < 1.29 is 14.3 Å². The SMILES string of the molecule is CNC(=O)CN(C(=O)/C=C\c1ccccc1)c1cccc(OC)c1. The number of nitrogens with zero attached hydrogens (tertiary/aromatic N) is 1. The quantitative estimate of drug-likeness (QED) is 0.831. The Morgan fingerprint density at radius 1 is 1.12 bits per heavy atom. The van der Waals surface area contributed by atoms with Gasteiger partial charge in [0.2, 0.25) is 5.91 Å². The smallest absolute Gasteiger partial charge is 0.251 e. The molecule has 0 radical (unpaired) electrons. The Balaban J connectivity index is 2.26. The number of nitrogens with one attached hydrogen (secondary N) is 1. The zero-order chi connectivity index (χ0) is 17.4. The van der Waals surface area contributed by atoms with Crippen LogP contribution in [0.25, 0.3) is 6.08 Å². The summed E-state index contributed by atoms with van der Waals surface area (Å²) in [7, 11) is 3.09. The van der Waals surface area contributed by atoms with E-state index >= 15 is 0 Å². The van der Waals surface area contributed by atoms with Gasteiger partial charge in [0, 0.05) is 24.9 Å². The molecule has 0 aromatic heterocycles. The lowest BCUT2D eigenvalue weighted by molar-refractivity contribution is -0.121. The first kappa shape index (κ1) is 17.3. The second-order valence-corrected chi connectivity index (χ2v) is 5.04. The first-order valence-corrected chi connectivity index (χ1v) is 7.53. The van der Waals surface area contributed by atoms with Crippen molar-refractivity contribution >= 4 is 23.6 Å². The van der Waals surface area contributed by atoms with Crippen molar-refractivity contribution in [3.8, 4) is 5.75 Å². The zero-order valence-corrected chi connectivity index (χ0v) is 13.7. The van der Waals surface area contributed by atoms with Crippen molar-refractivity contribution in [3.63, 3.8) is 0 Å². The van der Waals surface area contributed by atoms with Crippen LogP contribution in [0.1, 0.15) is 5.56 Å². The molecule has 2 amide bonds. The molecule has 0 saturated carbocycles. The van der Waals surface area contributed by atoms with Crippen LogP contribution in [0.15, 0.2) is 60.7 Å². The molecule has 0 aliphatic rings. The number of benzene rings is 2. The number of amides is 2. The minimum Gasteiger partial charge on any atom is -0.497 e. The number of rotatable bonds is 6. The highest BCUT2D eigenvalue weighted by Gasteiger charge is 2.17. The van der Waals surface area contributed by atoms with Crippen LogP contribution < -0.4 is 15.0 Å². The van der Waals surface area contributed by atoms with Crippen LogP contribution in [0.4, 0.5) is 5.69 Å². The van der Waals surface area contributed by atoms with Gasteiger partial charge in [-0.1, -0.05) is 36.4 Å². The number of carbonyl (C=O) groups excluding carboxylic acids is 2. The molecular formula is C19H20N2O3. The number of likely N-dealkylation sites (N-methyl/N-ethyl adjacent to an activating group) is 1. The molecular weight excluding hydrogens is 304 g/mol. The summed E-state index contributed by atoms with van der Waals surface area (Å²) >= 11 is 0. The lowest BCUT2D eigenvalue weighted by Gasteiger charge is -2.21. The number of anilines is 1. The summed E-state index contributed by atoms with van der Waals surface area (Å²) in [5, 5.41) is 2.53. The van der Waals surface area contributed by atoms with Gasteiger partial charge < -0.3 is 10.1 Å². The summed E-state index contributed by atoms with van der Waals surface area (Å²) in [6.07, 6.45) is 3.18. The maximum absolute atomic E-state index is 12.6. The van der Waals surface area contributed by atoms with Crippen LogP contribution in [0.2, 0.25) is 0 Å².